The lowest BCUT2D eigenvalue weighted by Crippen LogP contribution is -1.94. The van der Waals surface area contributed by atoms with Gasteiger partial charge in [0, 0.05) is 18.9 Å². The first-order valence-electron chi connectivity index (χ1n) is 4.79. The molecule has 0 aliphatic heterocycles. The quantitative estimate of drug-likeness (QED) is 0.944. The summed E-state index contributed by atoms with van der Waals surface area (Å²) in [4.78, 5) is 4.18. The number of nitrogens with zero attached hydrogens (tertiary/aromatic N) is 3. The predicted octanol–water partition coefficient (Wildman–Crippen LogP) is 3.46. The zero-order chi connectivity index (χ0) is 11.5. The van der Waals surface area contributed by atoms with Crippen LogP contribution >= 0.6 is 27.5 Å². The van der Waals surface area contributed by atoms with Gasteiger partial charge in [0.1, 0.15) is 5.82 Å². The molecule has 84 valence electrons. The lowest BCUT2D eigenvalue weighted by Gasteiger charge is -2.04. The molecule has 0 unspecified atom stereocenters. The summed E-state index contributed by atoms with van der Waals surface area (Å²) in [5.41, 5.74) is 0.900. The Labute approximate surface area is 107 Å². The second kappa shape index (κ2) is 4.84. The van der Waals surface area contributed by atoms with E-state index in [2.05, 4.69) is 31.3 Å². The highest BCUT2D eigenvalue weighted by molar-refractivity contribution is 9.10. The molecule has 0 amide bonds. The smallest absolute Gasteiger partial charge is 0.144 e. The Kier molecular flexibility index (Phi) is 3.46. The minimum absolute atomic E-state index is 0.599. The third kappa shape index (κ3) is 2.54. The second-order valence-corrected chi connectivity index (χ2v) is 4.48. The molecule has 0 aromatic carbocycles. The first-order chi connectivity index (χ1) is 7.69. The summed E-state index contributed by atoms with van der Waals surface area (Å²) in [6.45, 7) is 2.88. The number of halogens is 2. The molecule has 0 aliphatic rings. The van der Waals surface area contributed by atoms with E-state index in [1.54, 1.807) is 18.5 Å². The Morgan fingerprint density at radius 2 is 2.31 bits per heavy atom. The topological polar surface area (TPSA) is 42.7 Å². The SMILES string of the molecule is CCn1cc(Nc2ncc(Cl)cc2Br)cn1. The molecule has 6 heteroatoms. The van der Waals surface area contributed by atoms with Crippen molar-refractivity contribution in [3.05, 3.63) is 34.2 Å². The molecule has 2 aromatic heterocycles. The lowest BCUT2D eigenvalue weighted by atomic mass is 10.4. The van der Waals surface area contributed by atoms with Crippen LogP contribution in [0.2, 0.25) is 5.02 Å². The molecule has 1 N–H and O–H groups in total. The van der Waals surface area contributed by atoms with E-state index in [9.17, 15) is 0 Å². The molecule has 0 bridgehead atoms. The first kappa shape index (κ1) is 11.4. The van der Waals surface area contributed by atoms with Gasteiger partial charge in [0.2, 0.25) is 0 Å². The standard InChI is InChI=1S/C10H10BrClN4/c1-2-16-6-8(5-14-16)15-10-9(11)3-7(12)4-13-10/h3-6H,2H2,1H3,(H,13,15). The molecule has 2 heterocycles. The molecule has 0 spiro atoms. The highest BCUT2D eigenvalue weighted by Crippen LogP contribution is 2.25. The Hall–Kier alpha value is -1.07. The van der Waals surface area contributed by atoms with Crippen LogP contribution in [0.25, 0.3) is 0 Å². The van der Waals surface area contributed by atoms with Gasteiger partial charge in [-0.2, -0.15) is 5.10 Å². The molecular formula is C10H10BrClN4. The number of pyridine rings is 1. The summed E-state index contributed by atoms with van der Waals surface area (Å²) in [6.07, 6.45) is 5.27. The number of nitrogens with one attached hydrogen (secondary N) is 1. The van der Waals surface area contributed by atoms with E-state index >= 15 is 0 Å². The van der Waals surface area contributed by atoms with Crippen LogP contribution in [0.3, 0.4) is 0 Å². The van der Waals surface area contributed by atoms with E-state index in [4.69, 9.17) is 11.6 Å². The number of hydrogen-bond acceptors (Lipinski definition) is 3. The van der Waals surface area contributed by atoms with Crippen molar-refractivity contribution in [3.8, 4) is 0 Å². The van der Waals surface area contributed by atoms with Gasteiger partial charge >= 0.3 is 0 Å². The maximum Gasteiger partial charge on any atom is 0.144 e. The molecule has 2 rings (SSSR count). The molecular weight excluding hydrogens is 291 g/mol. The average Bonchev–Trinajstić information content (AvgIpc) is 2.70. The fourth-order valence-corrected chi connectivity index (χ4v) is 1.98. The Morgan fingerprint density at radius 3 is 2.94 bits per heavy atom. The Bertz CT molecular complexity index is 497. The van der Waals surface area contributed by atoms with Gasteiger partial charge in [-0.15, -0.1) is 0 Å². The van der Waals surface area contributed by atoms with Crippen LogP contribution in [0.4, 0.5) is 11.5 Å². The van der Waals surface area contributed by atoms with Crippen molar-refractivity contribution in [1.29, 1.82) is 0 Å². The third-order valence-electron chi connectivity index (χ3n) is 2.03. The van der Waals surface area contributed by atoms with Gasteiger partial charge in [-0.05, 0) is 28.9 Å². The second-order valence-electron chi connectivity index (χ2n) is 3.19. The largest absolute Gasteiger partial charge is 0.337 e. The fraction of sp³-hybridized carbons (Fsp3) is 0.200. The van der Waals surface area contributed by atoms with Gasteiger partial charge in [0.15, 0.2) is 0 Å². The summed E-state index contributed by atoms with van der Waals surface area (Å²) in [5.74, 6) is 0.722. The zero-order valence-electron chi connectivity index (χ0n) is 8.61. The van der Waals surface area contributed by atoms with Gasteiger partial charge in [0.25, 0.3) is 0 Å². The normalized spacial score (nSPS) is 10.4. The number of aromatic nitrogens is 3. The van der Waals surface area contributed by atoms with E-state index in [-0.39, 0.29) is 0 Å². The van der Waals surface area contributed by atoms with Crippen molar-refractivity contribution < 1.29 is 0 Å². The molecule has 0 saturated carbocycles. The number of aryl methyl sites for hydroxylation is 1. The van der Waals surface area contributed by atoms with Gasteiger partial charge in [-0.1, -0.05) is 11.6 Å². The molecule has 0 saturated heterocycles. The number of anilines is 2. The van der Waals surface area contributed by atoms with Crippen LogP contribution < -0.4 is 5.32 Å². The minimum atomic E-state index is 0.599. The van der Waals surface area contributed by atoms with E-state index in [1.165, 1.54) is 0 Å². The van der Waals surface area contributed by atoms with Crippen molar-refractivity contribution >= 4 is 39.0 Å². The van der Waals surface area contributed by atoms with Crippen LogP contribution in [0.15, 0.2) is 29.1 Å². The fourth-order valence-electron chi connectivity index (χ4n) is 1.24. The van der Waals surface area contributed by atoms with Crippen LogP contribution in [0, 0.1) is 0 Å². The molecule has 0 radical (unpaired) electrons. The van der Waals surface area contributed by atoms with E-state index in [0.29, 0.717) is 5.02 Å². The van der Waals surface area contributed by atoms with Crippen LogP contribution in [-0.4, -0.2) is 14.8 Å². The highest BCUT2D eigenvalue weighted by Gasteiger charge is 2.04. The Balaban J connectivity index is 2.20. The van der Waals surface area contributed by atoms with E-state index in [0.717, 1.165) is 22.5 Å². The molecule has 0 aliphatic carbocycles. The summed E-state index contributed by atoms with van der Waals surface area (Å²) in [7, 11) is 0. The minimum Gasteiger partial charge on any atom is -0.337 e. The third-order valence-corrected chi connectivity index (χ3v) is 2.84. The monoisotopic (exact) mass is 300 g/mol. The van der Waals surface area contributed by atoms with Gasteiger partial charge in [-0.3, -0.25) is 4.68 Å². The first-order valence-corrected chi connectivity index (χ1v) is 5.96. The number of rotatable bonds is 3. The van der Waals surface area contributed by atoms with Crippen LogP contribution in [0.1, 0.15) is 6.92 Å². The molecule has 4 nitrogen and oxygen atoms in total. The van der Waals surface area contributed by atoms with Gasteiger partial charge in [0.05, 0.1) is 21.4 Å². The van der Waals surface area contributed by atoms with E-state index in [1.807, 2.05) is 17.8 Å². The molecule has 0 fully saturated rings. The summed E-state index contributed by atoms with van der Waals surface area (Å²) >= 11 is 9.20. The summed E-state index contributed by atoms with van der Waals surface area (Å²) in [6, 6.07) is 1.79. The summed E-state index contributed by atoms with van der Waals surface area (Å²) < 4.78 is 2.66. The van der Waals surface area contributed by atoms with Crippen molar-refractivity contribution in [2.75, 3.05) is 5.32 Å². The van der Waals surface area contributed by atoms with Crippen molar-refractivity contribution in [2.24, 2.45) is 0 Å². The molecule has 2 aromatic rings. The predicted molar refractivity (Wildman–Crippen MR) is 68.1 cm³/mol. The lowest BCUT2D eigenvalue weighted by molar-refractivity contribution is 0.660. The molecule has 0 atom stereocenters. The van der Waals surface area contributed by atoms with Crippen molar-refractivity contribution in [2.45, 2.75) is 13.5 Å². The molecule has 16 heavy (non-hydrogen) atoms. The summed E-state index contributed by atoms with van der Waals surface area (Å²) in [5, 5.41) is 7.92. The van der Waals surface area contributed by atoms with Crippen molar-refractivity contribution in [3.63, 3.8) is 0 Å². The van der Waals surface area contributed by atoms with Crippen LogP contribution in [0.5, 0.6) is 0 Å². The number of hydrogen-bond donors (Lipinski definition) is 1. The maximum atomic E-state index is 5.81. The maximum absolute atomic E-state index is 5.81. The zero-order valence-corrected chi connectivity index (χ0v) is 11.0. The Morgan fingerprint density at radius 1 is 1.50 bits per heavy atom. The van der Waals surface area contributed by atoms with Crippen molar-refractivity contribution in [1.82, 2.24) is 14.8 Å². The van der Waals surface area contributed by atoms with Crippen LogP contribution in [-0.2, 0) is 6.54 Å². The van der Waals surface area contributed by atoms with E-state index < -0.39 is 0 Å². The van der Waals surface area contributed by atoms with Gasteiger partial charge in [-0.25, -0.2) is 4.98 Å². The average molecular weight is 302 g/mol. The highest BCUT2D eigenvalue weighted by atomic mass is 79.9. The van der Waals surface area contributed by atoms with Gasteiger partial charge < -0.3 is 5.32 Å².